The number of hydrogen-bond acceptors (Lipinski definition) is 4. The van der Waals surface area contributed by atoms with E-state index in [9.17, 15) is 14.9 Å². The molecule has 2 aromatic carbocycles. The Labute approximate surface area is 148 Å². The summed E-state index contributed by atoms with van der Waals surface area (Å²) in [5.74, 6) is -0.372. The van der Waals surface area contributed by atoms with E-state index in [-0.39, 0.29) is 33.8 Å². The van der Waals surface area contributed by atoms with Crippen molar-refractivity contribution >= 4 is 40.5 Å². The van der Waals surface area contributed by atoms with Crippen LogP contribution in [0.15, 0.2) is 30.3 Å². The van der Waals surface area contributed by atoms with Crippen molar-refractivity contribution in [1.29, 1.82) is 0 Å². The lowest BCUT2D eigenvalue weighted by molar-refractivity contribution is -0.384. The van der Waals surface area contributed by atoms with Crippen LogP contribution in [0.5, 0.6) is 5.75 Å². The highest BCUT2D eigenvalue weighted by atomic mass is 35.5. The van der Waals surface area contributed by atoms with Gasteiger partial charge in [0, 0.05) is 6.07 Å². The molecule has 0 fully saturated rings. The first-order valence-corrected chi connectivity index (χ1v) is 7.67. The number of halogens is 2. The van der Waals surface area contributed by atoms with Crippen molar-refractivity contribution < 1.29 is 14.5 Å². The number of carbonyl (C=O) groups is 1. The second-order valence-corrected chi connectivity index (χ2v) is 5.91. The zero-order valence-corrected chi connectivity index (χ0v) is 14.4. The Morgan fingerprint density at radius 1 is 1.21 bits per heavy atom. The minimum Gasteiger partial charge on any atom is -0.481 e. The Balaban J connectivity index is 2.13. The molecule has 0 aromatic heterocycles. The molecule has 1 amide bonds. The summed E-state index contributed by atoms with van der Waals surface area (Å²) in [6.07, 6.45) is 0. The molecule has 0 heterocycles. The zero-order chi connectivity index (χ0) is 17.9. The molecule has 0 spiro atoms. The smallest absolute Gasteiger partial charge is 0.293 e. The minimum atomic E-state index is -0.558. The number of anilines is 1. The van der Waals surface area contributed by atoms with Crippen molar-refractivity contribution in [3.63, 3.8) is 0 Å². The van der Waals surface area contributed by atoms with Crippen LogP contribution in [0.4, 0.5) is 11.4 Å². The van der Waals surface area contributed by atoms with Gasteiger partial charge in [0.15, 0.2) is 12.4 Å². The first-order valence-electron chi connectivity index (χ1n) is 6.92. The summed E-state index contributed by atoms with van der Waals surface area (Å²) in [6, 6.07) is 7.77. The number of nitro benzene ring substituents is 1. The third-order valence-electron chi connectivity index (χ3n) is 3.35. The van der Waals surface area contributed by atoms with Gasteiger partial charge in [0.1, 0.15) is 5.69 Å². The van der Waals surface area contributed by atoms with Crippen molar-refractivity contribution in [3.05, 3.63) is 61.6 Å². The van der Waals surface area contributed by atoms with Gasteiger partial charge in [-0.1, -0.05) is 29.3 Å². The van der Waals surface area contributed by atoms with Gasteiger partial charge >= 0.3 is 0 Å². The minimum absolute atomic E-state index is 0.113. The molecule has 24 heavy (non-hydrogen) atoms. The van der Waals surface area contributed by atoms with Crippen LogP contribution < -0.4 is 10.1 Å². The topological polar surface area (TPSA) is 81.5 Å². The SMILES string of the molecule is Cc1cc(NC(=O)COc2c(Cl)cccc2Cl)c([N+](=O)[O-])cc1C. The second kappa shape index (κ2) is 7.51. The van der Waals surface area contributed by atoms with Gasteiger partial charge in [0.05, 0.1) is 15.0 Å². The molecule has 0 aliphatic carbocycles. The Kier molecular flexibility index (Phi) is 5.64. The number of rotatable bonds is 5. The summed E-state index contributed by atoms with van der Waals surface area (Å²) in [7, 11) is 0. The summed E-state index contributed by atoms with van der Waals surface area (Å²) in [4.78, 5) is 22.6. The molecule has 8 heteroatoms. The first-order chi connectivity index (χ1) is 11.3. The Hall–Kier alpha value is -2.31. The van der Waals surface area contributed by atoms with Crippen molar-refractivity contribution in [3.8, 4) is 5.75 Å². The third-order valence-corrected chi connectivity index (χ3v) is 3.94. The first kappa shape index (κ1) is 18.0. The number of para-hydroxylation sites is 1. The maximum Gasteiger partial charge on any atom is 0.293 e. The molecule has 0 aliphatic rings. The maximum atomic E-state index is 12.0. The van der Waals surface area contributed by atoms with Crippen LogP contribution >= 0.6 is 23.2 Å². The van der Waals surface area contributed by atoms with E-state index < -0.39 is 10.8 Å². The molecule has 2 aromatic rings. The van der Waals surface area contributed by atoms with Gasteiger partial charge in [-0.2, -0.15) is 0 Å². The molecule has 0 aliphatic heterocycles. The van der Waals surface area contributed by atoms with Crippen LogP contribution in [0.2, 0.25) is 10.0 Å². The monoisotopic (exact) mass is 368 g/mol. The largest absolute Gasteiger partial charge is 0.481 e. The lowest BCUT2D eigenvalue weighted by Gasteiger charge is -2.11. The molecule has 0 unspecified atom stereocenters. The molecular formula is C16H14Cl2N2O4. The van der Waals surface area contributed by atoms with Gasteiger partial charge in [-0.15, -0.1) is 0 Å². The number of nitro groups is 1. The van der Waals surface area contributed by atoms with E-state index in [4.69, 9.17) is 27.9 Å². The third kappa shape index (κ3) is 4.15. The number of ether oxygens (including phenoxy) is 1. The summed E-state index contributed by atoms with van der Waals surface area (Å²) in [5, 5.41) is 14.1. The van der Waals surface area contributed by atoms with Gasteiger partial charge < -0.3 is 10.1 Å². The van der Waals surface area contributed by atoms with E-state index in [0.29, 0.717) is 0 Å². The average Bonchev–Trinajstić information content (AvgIpc) is 2.50. The lowest BCUT2D eigenvalue weighted by atomic mass is 10.1. The van der Waals surface area contributed by atoms with E-state index in [1.165, 1.54) is 6.07 Å². The summed E-state index contributed by atoms with van der Waals surface area (Å²) < 4.78 is 5.31. The predicted molar refractivity (Wildman–Crippen MR) is 93.2 cm³/mol. The quantitative estimate of drug-likeness (QED) is 0.620. The van der Waals surface area contributed by atoms with E-state index in [0.717, 1.165) is 11.1 Å². The fourth-order valence-electron chi connectivity index (χ4n) is 2.00. The van der Waals surface area contributed by atoms with Gasteiger partial charge in [0.25, 0.3) is 11.6 Å². The van der Waals surface area contributed by atoms with Crippen LogP contribution in [0, 0.1) is 24.0 Å². The standard InChI is InChI=1S/C16H14Cl2N2O4/c1-9-6-13(14(20(22)23)7-10(9)2)19-15(21)8-24-16-11(17)4-3-5-12(16)18/h3-7H,8H2,1-2H3,(H,19,21). The number of amides is 1. The fraction of sp³-hybridized carbons (Fsp3) is 0.188. The molecule has 0 saturated carbocycles. The van der Waals surface area contributed by atoms with E-state index >= 15 is 0 Å². The van der Waals surface area contributed by atoms with Crippen LogP contribution in [0.25, 0.3) is 0 Å². The fourth-order valence-corrected chi connectivity index (χ4v) is 2.50. The van der Waals surface area contributed by atoms with Gasteiger partial charge in [0.2, 0.25) is 0 Å². The number of hydrogen-bond donors (Lipinski definition) is 1. The summed E-state index contributed by atoms with van der Waals surface area (Å²) in [5.41, 5.74) is 1.52. The van der Waals surface area contributed by atoms with Crippen LogP contribution in [-0.4, -0.2) is 17.4 Å². The normalized spacial score (nSPS) is 10.3. The number of nitrogens with zero attached hydrogens (tertiary/aromatic N) is 1. The highest BCUT2D eigenvalue weighted by molar-refractivity contribution is 6.37. The van der Waals surface area contributed by atoms with Crippen molar-refractivity contribution in [1.82, 2.24) is 0 Å². The number of aryl methyl sites for hydroxylation is 2. The average molecular weight is 369 g/mol. The lowest BCUT2D eigenvalue weighted by Crippen LogP contribution is -2.21. The zero-order valence-electron chi connectivity index (χ0n) is 12.9. The number of benzene rings is 2. The molecule has 0 saturated heterocycles. The second-order valence-electron chi connectivity index (χ2n) is 5.10. The highest BCUT2D eigenvalue weighted by Crippen LogP contribution is 2.32. The molecular weight excluding hydrogens is 355 g/mol. The van der Waals surface area contributed by atoms with Crippen LogP contribution in [0.3, 0.4) is 0 Å². The van der Waals surface area contributed by atoms with Gasteiger partial charge in [-0.25, -0.2) is 0 Å². The Bertz CT molecular complexity index is 789. The van der Waals surface area contributed by atoms with E-state index in [1.54, 1.807) is 38.1 Å². The Morgan fingerprint density at radius 3 is 2.38 bits per heavy atom. The van der Waals surface area contributed by atoms with Crippen molar-refractivity contribution in [2.75, 3.05) is 11.9 Å². The van der Waals surface area contributed by atoms with Gasteiger partial charge in [-0.3, -0.25) is 14.9 Å². The van der Waals surface area contributed by atoms with Crippen LogP contribution in [0.1, 0.15) is 11.1 Å². The molecule has 0 atom stereocenters. The van der Waals surface area contributed by atoms with Crippen molar-refractivity contribution in [2.24, 2.45) is 0 Å². The van der Waals surface area contributed by atoms with Crippen molar-refractivity contribution in [2.45, 2.75) is 13.8 Å². The molecule has 0 radical (unpaired) electrons. The molecule has 126 valence electrons. The van der Waals surface area contributed by atoms with Gasteiger partial charge in [-0.05, 0) is 43.2 Å². The summed E-state index contributed by atoms with van der Waals surface area (Å²) in [6.45, 7) is 3.18. The molecule has 6 nitrogen and oxygen atoms in total. The highest BCUT2D eigenvalue weighted by Gasteiger charge is 2.18. The number of carbonyl (C=O) groups excluding carboxylic acids is 1. The molecule has 2 rings (SSSR count). The number of nitrogens with one attached hydrogen (secondary N) is 1. The molecule has 1 N–H and O–H groups in total. The Morgan fingerprint density at radius 2 is 1.79 bits per heavy atom. The predicted octanol–water partition coefficient (Wildman–Crippen LogP) is 4.54. The van der Waals surface area contributed by atoms with Crippen LogP contribution in [-0.2, 0) is 4.79 Å². The van der Waals surface area contributed by atoms with E-state index in [2.05, 4.69) is 5.32 Å². The molecule has 0 bridgehead atoms. The maximum absolute atomic E-state index is 12.0. The van der Waals surface area contributed by atoms with E-state index in [1.807, 2.05) is 0 Å². The summed E-state index contributed by atoms with van der Waals surface area (Å²) >= 11 is 11.9.